The number of aromatic nitrogens is 2. The van der Waals surface area contributed by atoms with Crippen LogP contribution in [0.15, 0.2) is 26.8 Å². The highest BCUT2D eigenvalue weighted by Crippen LogP contribution is 2.23. The zero-order valence-corrected chi connectivity index (χ0v) is 16.9. The predicted molar refractivity (Wildman–Crippen MR) is 105 cm³/mol. The second-order valence-electron chi connectivity index (χ2n) is 6.77. The normalized spacial score (nSPS) is 17.5. The van der Waals surface area contributed by atoms with E-state index in [9.17, 15) is 9.59 Å². The Hall–Kier alpha value is -1.51. The molecule has 6 nitrogen and oxygen atoms in total. The Kier molecular flexibility index (Phi) is 5.24. The van der Waals surface area contributed by atoms with Crippen LogP contribution in [-0.2, 0) is 19.4 Å². The summed E-state index contributed by atoms with van der Waals surface area (Å²) in [6, 6.07) is 5.54. The lowest BCUT2D eigenvalue weighted by Gasteiger charge is -2.34. The molecule has 138 valence electrons. The van der Waals surface area contributed by atoms with Gasteiger partial charge >= 0.3 is 0 Å². The molecule has 0 aromatic carbocycles. The lowest BCUT2D eigenvalue weighted by atomic mass is 10.2. The molecule has 1 saturated heterocycles. The third-order valence-electron chi connectivity index (χ3n) is 5.10. The van der Waals surface area contributed by atoms with Crippen molar-refractivity contribution in [3.05, 3.63) is 48.5 Å². The molecule has 2 aromatic heterocycles. The molecule has 0 radical (unpaired) electrons. The molecule has 0 saturated carbocycles. The first-order chi connectivity index (χ1) is 12.6. The van der Waals surface area contributed by atoms with Crippen LogP contribution < -0.4 is 5.56 Å². The number of thiophene rings is 1. The molecule has 3 heterocycles. The number of fused-ring (bicyclic) bond motifs is 1. The molecule has 2 aromatic rings. The van der Waals surface area contributed by atoms with Crippen molar-refractivity contribution >= 4 is 33.2 Å². The first kappa shape index (κ1) is 17.9. The van der Waals surface area contributed by atoms with E-state index >= 15 is 0 Å². The van der Waals surface area contributed by atoms with Crippen molar-refractivity contribution in [1.29, 1.82) is 0 Å². The van der Waals surface area contributed by atoms with Gasteiger partial charge in [-0.25, -0.2) is 4.68 Å². The van der Waals surface area contributed by atoms with Crippen LogP contribution in [0.25, 0.3) is 0 Å². The van der Waals surface area contributed by atoms with Gasteiger partial charge in [-0.3, -0.25) is 14.5 Å². The summed E-state index contributed by atoms with van der Waals surface area (Å²) in [5.74, 6) is 0.108. The number of nitrogens with zero attached hydrogens (tertiary/aromatic N) is 4. The van der Waals surface area contributed by atoms with Crippen LogP contribution in [0.1, 0.15) is 27.3 Å². The molecular formula is C18H21BrN4O2S. The van der Waals surface area contributed by atoms with E-state index < -0.39 is 0 Å². The quantitative estimate of drug-likeness (QED) is 0.735. The maximum Gasteiger partial charge on any atom is 0.267 e. The summed E-state index contributed by atoms with van der Waals surface area (Å²) in [5, 5.41) is 4.53. The highest BCUT2D eigenvalue weighted by atomic mass is 79.9. The standard InChI is InChI=1S/C18H21BrN4O2S/c19-16-5-4-15(26-16)18(25)22-9-6-21(7-10-22)8-11-23-17(24)12-13-2-1-3-14(13)20-23/h4-5,12H,1-3,6-11H2. The van der Waals surface area contributed by atoms with Crippen LogP contribution in [0.5, 0.6) is 0 Å². The van der Waals surface area contributed by atoms with Crippen LogP contribution in [0.2, 0.25) is 0 Å². The maximum atomic E-state index is 12.5. The maximum absolute atomic E-state index is 12.5. The molecule has 26 heavy (non-hydrogen) atoms. The number of carbonyl (C=O) groups is 1. The monoisotopic (exact) mass is 436 g/mol. The first-order valence-corrected chi connectivity index (χ1v) is 10.6. The van der Waals surface area contributed by atoms with Gasteiger partial charge in [0.15, 0.2) is 0 Å². The van der Waals surface area contributed by atoms with Gasteiger partial charge in [-0.1, -0.05) is 0 Å². The van der Waals surface area contributed by atoms with Gasteiger partial charge in [0, 0.05) is 38.8 Å². The zero-order valence-electron chi connectivity index (χ0n) is 14.5. The largest absolute Gasteiger partial charge is 0.335 e. The minimum Gasteiger partial charge on any atom is -0.335 e. The van der Waals surface area contributed by atoms with E-state index in [1.807, 2.05) is 17.0 Å². The van der Waals surface area contributed by atoms with Crippen molar-refractivity contribution in [2.45, 2.75) is 25.8 Å². The second-order valence-corrected chi connectivity index (χ2v) is 9.23. The summed E-state index contributed by atoms with van der Waals surface area (Å²) in [4.78, 5) is 29.7. The summed E-state index contributed by atoms with van der Waals surface area (Å²) in [5.41, 5.74) is 2.21. The fraction of sp³-hybridized carbons (Fsp3) is 0.500. The molecule has 2 aliphatic rings. The summed E-state index contributed by atoms with van der Waals surface area (Å²) >= 11 is 4.88. The number of hydrogen-bond acceptors (Lipinski definition) is 5. The van der Waals surface area contributed by atoms with Crippen LogP contribution >= 0.6 is 27.3 Å². The SMILES string of the molecule is O=C(c1ccc(Br)s1)N1CCN(CCn2nc3c(cc2=O)CCC3)CC1. The van der Waals surface area contributed by atoms with Gasteiger partial charge in [-0.05, 0) is 52.9 Å². The van der Waals surface area contributed by atoms with Gasteiger partial charge in [0.25, 0.3) is 11.5 Å². The Bertz CT molecular complexity index is 870. The first-order valence-electron chi connectivity index (χ1n) is 8.97. The Morgan fingerprint density at radius 2 is 1.96 bits per heavy atom. The minimum absolute atomic E-state index is 0.00253. The van der Waals surface area contributed by atoms with Gasteiger partial charge < -0.3 is 4.90 Å². The van der Waals surface area contributed by atoms with E-state index in [0.717, 1.165) is 71.9 Å². The number of halogens is 1. The molecule has 8 heteroatoms. The summed E-state index contributed by atoms with van der Waals surface area (Å²) in [7, 11) is 0. The van der Waals surface area contributed by atoms with Crippen molar-refractivity contribution in [2.24, 2.45) is 0 Å². The van der Waals surface area contributed by atoms with Crippen LogP contribution in [0.4, 0.5) is 0 Å². The van der Waals surface area contributed by atoms with E-state index in [0.29, 0.717) is 6.54 Å². The Balaban J connectivity index is 1.30. The number of amides is 1. The number of carbonyl (C=O) groups excluding carboxylic acids is 1. The molecule has 1 aliphatic carbocycles. The van der Waals surface area contributed by atoms with Gasteiger partial charge in [0.1, 0.15) is 0 Å². The minimum atomic E-state index is 0.00253. The third-order valence-corrected chi connectivity index (χ3v) is 6.71. The Labute approximate surface area is 164 Å². The van der Waals surface area contributed by atoms with Crippen molar-refractivity contribution in [2.75, 3.05) is 32.7 Å². The molecule has 1 fully saturated rings. The van der Waals surface area contributed by atoms with E-state index in [2.05, 4.69) is 25.9 Å². The average molecular weight is 437 g/mol. The molecule has 1 aliphatic heterocycles. The highest BCUT2D eigenvalue weighted by molar-refractivity contribution is 9.11. The summed E-state index contributed by atoms with van der Waals surface area (Å²) in [6.07, 6.45) is 3.06. The molecule has 0 bridgehead atoms. The van der Waals surface area contributed by atoms with Crippen molar-refractivity contribution in [3.63, 3.8) is 0 Å². The highest BCUT2D eigenvalue weighted by Gasteiger charge is 2.23. The van der Waals surface area contributed by atoms with Gasteiger partial charge in [-0.2, -0.15) is 5.10 Å². The smallest absolute Gasteiger partial charge is 0.267 e. The lowest BCUT2D eigenvalue weighted by molar-refractivity contribution is 0.0636. The fourth-order valence-corrected chi connectivity index (χ4v) is 4.95. The third kappa shape index (κ3) is 3.77. The lowest BCUT2D eigenvalue weighted by Crippen LogP contribution is -2.49. The average Bonchev–Trinajstić information content (AvgIpc) is 3.28. The molecule has 0 N–H and O–H groups in total. The number of hydrogen-bond donors (Lipinski definition) is 0. The van der Waals surface area contributed by atoms with Gasteiger partial charge in [0.2, 0.25) is 0 Å². The molecule has 0 spiro atoms. The van der Waals surface area contributed by atoms with E-state index in [1.165, 1.54) is 11.3 Å². The molecular weight excluding hydrogens is 416 g/mol. The molecule has 0 unspecified atom stereocenters. The summed E-state index contributed by atoms with van der Waals surface area (Å²) < 4.78 is 2.58. The van der Waals surface area contributed by atoms with Gasteiger partial charge in [-0.15, -0.1) is 11.3 Å². The second kappa shape index (κ2) is 7.62. The molecule has 4 rings (SSSR count). The molecule has 0 atom stereocenters. The number of piperazine rings is 1. The topological polar surface area (TPSA) is 58.4 Å². The van der Waals surface area contributed by atoms with Crippen molar-refractivity contribution in [1.82, 2.24) is 19.6 Å². The van der Waals surface area contributed by atoms with Crippen molar-refractivity contribution in [3.8, 4) is 0 Å². The summed E-state index contributed by atoms with van der Waals surface area (Å²) in [6.45, 7) is 4.51. The van der Waals surface area contributed by atoms with E-state index in [1.54, 1.807) is 10.7 Å². The van der Waals surface area contributed by atoms with E-state index in [-0.39, 0.29) is 11.5 Å². The van der Waals surface area contributed by atoms with Crippen LogP contribution in [0.3, 0.4) is 0 Å². The van der Waals surface area contributed by atoms with Gasteiger partial charge in [0.05, 0.1) is 20.9 Å². The Morgan fingerprint density at radius 1 is 1.15 bits per heavy atom. The number of aryl methyl sites for hydroxylation is 2. The van der Waals surface area contributed by atoms with Crippen molar-refractivity contribution < 1.29 is 4.79 Å². The van der Waals surface area contributed by atoms with Crippen LogP contribution in [0, 0.1) is 0 Å². The Morgan fingerprint density at radius 3 is 2.69 bits per heavy atom. The van der Waals surface area contributed by atoms with Crippen LogP contribution in [-0.4, -0.2) is 58.2 Å². The number of rotatable bonds is 4. The van der Waals surface area contributed by atoms with E-state index in [4.69, 9.17) is 0 Å². The molecule has 1 amide bonds. The predicted octanol–water partition coefficient (Wildman–Crippen LogP) is 2.01. The zero-order chi connectivity index (χ0) is 18.1. The fourth-order valence-electron chi connectivity index (χ4n) is 3.60.